The zero-order valence-electron chi connectivity index (χ0n) is 9.98. The van der Waals surface area contributed by atoms with Crippen molar-refractivity contribution in [3.63, 3.8) is 0 Å². The number of hydrogen-bond acceptors (Lipinski definition) is 3. The van der Waals surface area contributed by atoms with Gasteiger partial charge in [-0.15, -0.1) is 0 Å². The molecule has 0 spiro atoms. The van der Waals surface area contributed by atoms with Crippen molar-refractivity contribution in [3.8, 4) is 0 Å². The van der Waals surface area contributed by atoms with Crippen LogP contribution in [0, 0.1) is 0 Å². The van der Waals surface area contributed by atoms with Gasteiger partial charge in [-0.25, -0.2) is 0 Å². The first-order valence-corrected chi connectivity index (χ1v) is 6.60. The molecule has 2 rings (SSSR count). The zero-order valence-corrected chi connectivity index (χ0v) is 10.8. The minimum absolute atomic E-state index is 0.131. The van der Waals surface area contributed by atoms with Crippen molar-refractivity contribution in [2.45, 2.75) is 29.3 Å². The summed E-state index contributed by atoms with van der Waals surface area (Å²) in [5.74, 6) is -0.397. The summed E-state index contributed by atoms with van der Waals surface area (Å²) in [6.07, 6.45) is 1.54. The van der Waals surface area contributed by atoms with Crippen LogP contribution in [-0.2, 0) is 4.79 Å². The maximum absolute atomic E-state index is 12.2. The molecule has 104 valence electrons. The van der Waals surface area contributed by atoms with Crippen molar-refractivity contribution in [1.29, 1.82) is 0 Å². The van der Waals surface area contributed by atoms with Gasteiger partial charge in [0.05, 0.1) is 0 Å². The van der Waals surface area contributed by atoms with Gasteiger partial charge < -0.3 is 10.6 Å². The molecule has 2 N–H and O–H groups in total. The number of anilines is 1. The Bertz CT molecular complexity index is 461. The largest absolute Gasteiger partial charge is 0.446 e. The average molecular weight is 290 g/mol. The maximum atomic E-state index is 12.2. The van der Waals surface area contributed by atoms with Crippen LogP contribution in [0.3, 0.4) is 0 Å². The number of thioether (sulfide) groups is 1. The summed E-state index contributed by atoms with van der Waals surface area (Å²) < 4.78 is 36.6. The summed E-state index contributed by atoms with van der Waals surface area (Å²) in [4.78, 5) is 13.2. The second-order valence-corrected chi connectivity index (χ2v) is 5.43. The molecule has 0 bridgehead atoms. The van der Waals surface area contributed by atoms with Crippen LogP contribution in [0.1, 0.15) is 12.8 Å². The first kappa shape index (κ1) is 14.0. The Balaban J connectivity index is 2.12. The normalized spacial score (nSPS) is 19.7. The van der Waals surface area contributed by atoms with Crippen LogP contribution in [-0.4, -0.2) is 24.0 Å². The Morgan fingerprint density at radius 1 is 1.32 bits per heavy atom. The first-order chi connectivity index (χ1) is 8.87. The first-order valence-electron chi connectivity index (χ1n) is 5.78. The van der Waals surface area contributed by atoms with Crippen LogP contribution in [0.5, 0.6) is 0 Å². The lowest BCUT2D eigenvalue weighted by atomic mass is 10.2. The molecular weight excluding hydrogens is 277 g/mol. The highest BCUT2D eigenvalue weighted by atomic mass is 32.2. The molecule has 1 aromatic carbocycles. The van der Waals surface area contributed by atoms with E-state index in [9.17, 15) is 18.0 Å². The number of benzene rings is 1. The van der Waals surface area contributed by atoms with E-state index in [2.05, 4.69) is 0 Å². The lowest BCUT2D eigenvalue weighted by Gasteiger charge is -2.24. The second kappa shape index (κ2) is 5.32. The van der Waals surface area contributed by atoms with Crippen LogP contribution in [0.25, 0.3) is 0 Å². The van der Waals surface area contributed by atoms with Crippen LogP contribution in [0.2, 0.25) is 0 Å². The fourth-order valence-electron chi connectivity index (χ4n) is 2.21. The van der Waals surface area contributed by atoms with Gasteiger partial charge in [-0.05, 0) is 48.9 Å². The number of hydrogen-bond donors (Lipinski definition) is 1. The van der Waals surface area contributed by atoms with Crippen molar-refractivity contribution in [2.75, 3.05) is 11.4 Å². The molecule has 1 aliphatic rings. The van der Waals surface area contributed by atoms with E-state index >= 15 is 0 Å². The number of primary amides is 1. The Morgan fingerprint density at radius 2 is 1.95 bits per heavy atom. The van der Waals surface area contributed by atoms with E-state index in [1.165, 1.54) is 12.1 Å². The number of carbonyl (C=O) groups excluding carboxylic acids is 1. The maximum Gasteiger partial charge on any atom is 0.446 e. The summed E-state index contributed by atoms with van der Waals surface area (Å²) >= 11 is -0.151. The third-order valence-electron chi connectivity index (χ3n) is 2.98. The van der Waals surface area contributed by atoms with E-state index in [0.29, 0.717) is 13.0 Å². The van der Waals surface area contributed by atoms with E-state index in [1.807, 2.05) is 4.90 Å². The lowest BCUT2D eigenvalue weighted by Crippen LogP contribution is -2.40. The minimum atomic E-state index is -4.29. The number of amides is 1. The van der Waals surface area contributed by atoms with Crippen molar-refractivity contribution in [3.05, 3.63) is 24.3 Å². The van der Waals surface area contributed by atoms with Crippen molar-refractivity contribution < 1.29 is 18.0 Å². The smallest absolute Gasteiger partial charge is 0.368 e. The van der Waals surface area contributed by atoms with Crippen LogP contribution >= 0.6 is 11.8 Å². The molecule has 1 fully saturated rings. The van der Waals surface area contributed by atoms with Crippen molar-refractivity contribution in [2.24, 2.45) is 5.73 Å². The lowest BCUT2D eigenvalue weighted by molar-refractivity contribution is -0.119. The third-order valence-corrected chi connectivity index (χ3v) is 3.72. The van der Waals surface area contributed by atoms with Gasteiger partial charge >= 0.3 is 5.51 Å². The predicted molar refractivity (Wildman–Crippen MR) is 67.9 cm³/mol. The Labute approximate surface area is 112 Å². The SMILES string of the molecule is NC(=O)[C@H]1CCCN1c1ccc(SC(F)(F)F)cc1. The molecule has 7 heteroatoms. The zero-order chi connectivity index (χ0) is 14.0. The van der Waals surface area contributed by atoms with Crippen molar-refractivity contribution >= 4 is 23.4 Å². The van der Waals surface area contributed by atoms with Gasteiger partial charge in [-0.3, -0.25) is 4.79 Å². The van der Waals surface area contributed by atoms with E-state index in [1.54, 1.807) is 12.1 Å². The molecule has 19 heavy (non-hydrogen) atoms. The molecule has 1 atom stereocenters. The molecule has 1 saturated heterocycles. The summed E-state index contributed by atoms with van der Waals surface area (Å²) in [5, 5.41) is 0. The standard InChI is InChI=1S/C12H13F3N2OS/c13-12(14,15)19-9-5-3-8(4-6-9)17-7-1-2-10(17)11(16)18/h3-6,10H,1-2,7H2,(H2,16,18)/t10-/m1/s1. The Hall–Kier alpha value is -1.37. The molecule has 0 aliphatic carbocycles. The molecule has 0 radical (unpaired) electrons. The highest BCUT2D eigenvalue weighted by Crippen LogP contribution is 2.37. The summed E-state index contributed by atoms with van der Waals surface area (Å²) in [6, 6.07) is 5.64. The molecule has 0 saturated carbocycles. The predicted octanol–water partition coefficient (Wildman–Crippen LogP) is 2.75. The summed E-state index contributed by atoms with van der Waals surface area (Å²) in [6.45, 7) is 0.694. The van der Waals surface area contributed by atoms with Crippen molar-refractivity contribution in [1.82, 2.24) is 0 Å². The summed E-state index contributed by atoms with van der Waals surface area (Å²) in [7, 11) is 0. The Morgan fingerprint density at radius 3 is 2.47 bits per heavy atom. The number of halogens is 3. The highest BCUT2D eigenvalue weighted by molar-refractivity contribution is 8.00. The molecular formula is C12H13F3N2OS. The van der Waals surface area contributed by atoms with Gasteiger partial charge in [0.15, 0.2) is 0 Å². The van der Waals surface area contributed by atoms with E-state index in [0.717, 1.165) is 12.1 Å². The number of nitrogens with zero attached hydrogens (tertiary/aromatic N) is 1. The minimum Gasteiger partial charge on any atom is -0.368 e. The molecule has 3 nitrogen and oxygen atoms in total. The molecule has 1 amide bonds. The topological polar surface area (TPSA) is 46.3 Å². The quantitative estimate of drug-likeness (QED) is 0.871. The number of alkyl halides is 3. The third kappa shape index (κ3) is 3.56. The van der Waals surface area contributed by atoms with Gasteiger partial charge in [0.2, 0.25) is 5.91 Å². The van der Waals surface area contributed by atoms with Gasteiger partial charge in [0.1, 0.15) is 6.04 Å². The highest BCUT2D eigenvalue weighted by Gasteiger charge is 2.31. The van der Waals surface area contributed by atoms with Gasteiger partial charge in [0, 0.05) is 17.1 Å². The number of carbonyl (C=O) groups is 1. The fraction of sp³-hybridized carbons (Fsp3) is 0.417. The van der Waals surface area contributed by atoms with Crippen LogP contribution in [0.4, 0.5) is 18.9 Å². The average Bonchev–Trinajstić information content (AvgIpc) is 2.76. The molecule has 1 aliphatic heterocycles. The molecule has 0 aromatic heterocycles. The number of nitrogens with two attached hydrogens (primary N) is 1. The second-order valence-electron chi connectivity index (χ2n) is 4.30. The van der Waals surface area contributed by atoms with Crippen LogP contribution < -0.4 is 10.6 Å². The Kier molecular flexibility index (Phi) is 3.93. The van der Waals surface area contributed by atoms with E-state index < -0.39 is 11.4 Å². The monoisotopic (exact) mass is 290 g/mol. The van der Waals surface area contributed by atoms with Gasteiger partial charge in [0.25, 0.3) is 0 Å². The van der Waals surface area contributed by atoms with Crippen LogP contribution in [0.15, 0.2) is 29.2 Å². The fourth-order valence-corrected chi connectivity index (χ4v) is 2.75. The van der Waals surface area contributed by atoms with E-state index in [4.69, 9.17) is 5.73 Å². The molecule has 0 unspecified atom stereocenters. The molecule has 1 heterocycles. The summed E-state index contributed by atoms with van der Waals surface area (Å²) in [5.41, 5.74) is 1.75. The number of rotatable bonds is 3. The van der Waals surface area contributed by atoms with E-state index in [-0.39, 0.29) is 22.7 Å². The van der Waals surface area contributed by atoms with Gasteiger partial charge in [-0.2, -0.15) is 13.2 Å². The van der Waals surface area contributed by atoms with Gasteiger partial charge in [-0.1, -0.05) is 0 Å². The molecule has 1 aromatic rings.